The Balaban J connectivity index is 2.73. The zero-order valence-electron chi connectivity index (χ0n) is 22.2. The number of aryl methyl sites for hydroxylation is 1. The van der Waals surface area contributed by atoms with Crippen LogP contribution in [0.15, 0.2) is 33.2 Å². The molecule has 36 heavy (non-hydrogen) atoms. The normalized spacial score (nSPS) is 12.6. The minimum absolute atomic E-state index is 0.0147. The van der Waals surface area contributed by atoms with Crippen LogP contribution in [0.4, 0.5) is 17.1 Å². The summed E-state index contributed by atoms with van der Waals surface area (Å²) < 4.78 is 1.17. The summed E-state index contributed by atoms with van der Waals surface area (Å²) >= 11 is 0. The van der Waals surface area contributed by atoms with E-state index in [-0.39, 0.29) is 40.7 Å². The lowest BCUT2D eigenvalue weighted by Gasteiger charge is -2.24. The van der Waals surface area contributed by atoms with Crippen LogP contribution in [0.5, 0.6) is 5.88 Å². The molecule has 1 aromatic carbocycles. The van der Waals surface area contributed by atoms with E-state index < -0.39 is 27.8 Å². The van der Waals surface area contributed by atoms with E-state index in [9.17, 15) is 24.8 Å². The van der Waals surface area contributed by atoms with Gasteiger partial charge in [0, 0.05) is 23.7 Å². The maximum atomic E-state index is 13.5. The third-order valence-corrected chi connectivity index (χ3v) is 5.94. The van der Waals surface area contributed by atoms with E-state index in [0.717, 1.165) is 25.7 Å². The Morgan fingerprint density at radius 1 is 1.22 bits per heavy atom. The van der Waals surface area contributed by atoms with Crippen molar-refractivity contribution < 1.29 is 14.8 Å². The number of hydrogen-bond acceptors (Lipinski definition) is 7. The highest BCUT2D eigenvalue weighted by molar-refractivity contribution is 5.99. The van der Waals surface area contributed by atoms with Crippen LogP contribution in [-0.2, 0) is 6.54 Å². The Morgan fingerprint density at radius 2 is 1.89 bits per heavy atom. The number of carbonyl (C=O) groups excluding carboxylic acids is 1. The molecule has 0 aliphatic heterocycles. The Bertz CT molecular complexity index is 1210. The predicted octanol–water partition coefficient (Wildman–Crippen LogP) is 6.24. The molecular formula is C26H37N5O5. The van der Waals surface area contributed by atoms with Crippen molar-refractivity contribution in [3.63, 3.8) is 0 Å². The molecule has 0 bridgehead atoms. The van der Waals surface area contributed by atoms with Gasteiger partial charge in [-0.1, -0.05) is 39.2 Å². The van der Waals surface area contributed by atoms with Crippen LogP contribution in [-0.4, -0.2) is 26.0 Å². The molecule has 0 fully saturated rings. The molecular weight excluding hydrogens is 462 g/mol. The zero-order valence-corrected chi connectivity index (χ0v) is 22.2. The van der Waals surface area contributed by atoms with Crippen LogP contribution in [0.1, 0.15) is 81.8 Å². The van der Waals surface area contributed by atoms with Gasteiger partial charge >= 0.3 is 0 Å². The second-order valence-corrected chi connectivity index (χ2v) is 10.2. The number of rotatable bonds is 10. The van der Waals surface area contributed by atoms with Crippen molar-refractivity contribution in [3.8, 4) is 5.88 Å². The number of aromatic hydroxyl groups is 1. The van der Waals surface area contributed by atoms with Gasteiger partial charge in [-0.05, 0) is 58.6 Å². The summed E-state index contributed by atoms with van der Waals surface area (Å²) in [7, 11) is 0. The summed E-state index contributed by atoms with van der Waals surface area (Å²) in [6.45, 7) is 13.0. The maximum absolute atomic E-state index is 13.5. The summed E-state index contributed by atoms with van der Waals surface area (Å²) in [6, 6.07) is 4.49. The fourth-order valence-corrected chi connectivity index (χ4v) is 3.91. The number of aromatic nitrogens is 1. The maximum Gasteiger partial charge on any atom is 0.296 e. The lowest BCUT2D eigenvalue weighted by Crippen LogP contribution is -2.41. The number of nitro benzene ring substituents is 1. The Kier molecular flexibility index (Phi) is 9.49. The molecule has 10 heteroatoms. The number of benzene rings is 1. The monoisotopic (exact) mass is 499 g/mol. The highest BCUT2D eigenvalue weighted by Gasteiger charge is 2.27. The lowest BCUT2D eigenvalue weighted by molar-refractivity contribution is -0.384. The first kappa shape index (κ1) is 28.7. The van der Waals surface area contributed by atoms with Gasteiger partial charge in [-0.3, -0.25) is 24.3 Å². The van der Waals surface area contributed by atoms with Crippen molar-refractivity contribution >= 4 is 23.0 Å². The van der Waals surface area contributed by atoms with Crippen molar-refractivity contribution in [2.75, 3.05) is 0 Å². The van der Waals surface area contributed by atoms with E-state index >= 15 is 0 Å². The van der Waals surface area contributed by atoms with Crippen molar-refractivity contribution in [2.45, 2.75) is 86.2 Å². The quantitative estimate of drug-likeness (QED) is 0.226. The second-order valence-electron chi connectivity index (χ2n) is 10.2. The fourth-order valence-electron chi connectivity index (χ4n) is 3.91. The number of nitrogens with one attached hydrogen (secondary N) is 1. The SMILES string of the molecule is CCCCC(CC)Cn1c(O)c(C(=O)NC(C)(C)C)c(C)c(N=Nc2ccc(C)cc2[N+](=O)[O-])c1=O. The Hall–Kier alpha value is -3.56. The van der Waals surface area contributed by atoms with Crippen LogP contribution in [0.2, 0.25) is 0 Å². The first-order valence-corrected chi connectivity index (χ1v) is 12.3. The molecule has 1 atom stereocenters. The molecule has 0 saturated carbocycles. The number of carbonyl (C=O) groups is 1. The second kappa shape index (κ2) is 11.9. The standard InChI is InChI=1S/C26H37N5O5/c1-8-10-11-18(9-2)15-30-24(33)21(23(32)27-26(5,6)7)17(4)22(25(30)34)29-28-19-13-12-16(3)14-20(19)31(35)36/h12-14,18,33H,8-11,15H2,1-7H3,(H,27,32). The molecule has 196 valence electrons. The van der Waals surface area contributed by atoms with Crippen LogP contribution < -0.4 is 10.9 Å². The third kappa shape index (κ3) is 6.99. The summed E-state index contributed by atoms with van der Waals surface area (Å²) in [5.41, 5.74) is -0.835. The van der Waals surface area contributed by atoms with E-state index in [1.807, 2.05) is 27.7 Å². The largest absolute Gasteiger partial charge is 0.494 e. The number of unbranched alkanes of at least 4 members (excludes halogenated alkanes) is 1. The number of hydrogen-bond donors (Lipinski definition) is 2. The van der Waals surface area contributed by atoms with E-state index in [1.54, 1.807) is 13.0 Å². The van der Waals surface area contributed by atoms with Gasteiger partial charge in [-0.15, -0.1) is 10.2 Å². The van der Waals surface area contributed by atoms with Crippen molar-refractivity contribution in [3.05, 3.63) is 55.4 Å². The summed E-state index contributed by atoms with van der Waals surface area (Å²) in [5, 5.41) is 33.5. The minimum Gasteiger partial charge on any atom is -0.494 e. The van der Waals surface area contributed by atoms with Gasteiger partial charge in [0.2, 0.25) is 5.88 Å². The summed E-state index contributed by atoms with van der Waals surface area (Å²) in [5.74, 6) is -0.863. The first-order chi connectivity index (χ1) is 16.8. The van der Waals surface area contributed by atoms with Gasteiger partial charge in [-0.25, -0.2) is 0 Å². The van der Waals surface area contributed by atoms with Crippen LogP contribution in [0.3, 0.4) is 0 Å². The first-order valence-electron chi connectivity index (χ1n) is 12.3. The molecule has 1 unspecified atom stereocenters. The van der Waals surface area contributed by atoms with E-state index in [1.165, 1.54) is 23.6 Å². The van der Waals surface area contributed by atoms with Crippen LogP contribution in [0.25, 0.3) is 0 Å². The van der Waals surface area contributed by atoms with E-state index in [0.29, 0.717) is 5.56 Å². The topological polar surface area (TPSA) is 139 Å². The zero-order chi connectivity index (χ0) is 27.2. The highest BCUT2D eigenvalue weighted by atomic mass is 16.6. The van der Waals surface area contributed by atoms with E-state index in [4.69, 9.17) is 0 Å². The number of nitrogens with zero attached hydrogens (tertiary/aromatic N) is 4. The summed E-state index contributed by atoms with van der Waals surface area (Å²) in [4.78, 5) is 37.5. The molecule has 1 heterocycles. The van der Waals surface area contributed by atoms with Gasteiger partial charge in [0.25, 0.3) is 17.2 Å². The van der Waals surface area contributed by atoms with E-state index in [2.05, 4.69) is 22.5 Å². The molecule has 0 aliphatic carbocycles. The molecule has 2 aromatic rings. The van der Waals surface area contributed by atoms with Gasteiger partial charge in [0.05, 0.1) is 4.92 Å². The lowest BCUT2D eigenvalue weighted by atomic mass is 9.98. The Morgan fingerprint density at radius 3 is 2.44 bits per heavy atom. The van der Waals surface area contributed by atoms with Gasteiger partial charge in [0.1, 0.15) is 5.56 Å². The molecule has 1 amide bonds. The van der Waals surface area contributed by atoms with Gasteiger partial charge in [0.15, 0.2) is 11.4 Å². The molecule has 0 spiro atoms. The highest BCUT2D eigenvalue weighted by Crippen LogP contribution is 2.32. The predicted molar refractivity (Wildman–Crippen MR) is 140 cm³/mol. The molecule has 2 rings (SSSR count). The van der Waals surface area contributed by atoms with Crippen molar-refractivity contribution in [2.24, 2.45) is 16.1 Å². The molecule has 0 saturated heterocycles. The smallest absolute Gasteiger partial charge is 0.296 e. The molecule has 0 aliphatic rings. The Labute approximate surface area is 211 Å². The number of pyridine rings is 1. The molecule has 10 nitrogen and oxygen atoms in total. The number of nitro groups is 1. The minimum atomic E-state index is -0.606. The molecule has 0 radical (unpaired) electrons. The van der Waals surface area contributed by atoms with Crippen LogP contribution in [0, 0.1) is 29.9 Å². The number of amides is 1. The fraction of sp³-hybridized carbons (Fsp3) is 0.538. The van der Waals surface area contributed by atoms with Crippen molar-refractivity contribution in [1.29, 1.82) is 0 Å². The van der Waals surface area contributed by atoms with Gasteiger partial charge < -0.3 is 10.4 Å². The van der Waals surface area contributed by atoms with Crippen LogP contribution >= 0.6 is 0 Å². The molecule has 1 aromatic heterocycles. The summed E-state index contributed by atoms with van der Waals surface area (Å²) in [6.07, 6.45) is 3.62. The number of azo groups is 1. The molecule has 2 N–H and O–H groups in total. The van der Waals surface area contributed by atoms with Crippen molar-refractivity contribution in [1.82, 2.24) is 9.88 Å². The average Bonchev–Trinajstić information content (AvgIpc) is 2.78. The average molecular weight is 500 g/mol. The van der Waals surface area contributed by atoms with Gasteiger partial charge in [-0.2, -0.15) is 0 Å². The third-order valence-electron chi connectivity index (χ3n) is 5.94.